The van der Waals surface area contributed by atoms with E-state index in [0.717, 1.165) is 0 Å². The van der Waals surface area contributed by atoms with Crippen LogP contribution in [0.25, 0.3) is 0 Å². The number of sulfonamides is 1. The van der Waals surface area contributed by atoms with Crippen LogP contribution in [-0.2, 0) is 19.6 Å². The van der Waals surface area contributed by atoms with Crippen LogP contribution in [0.15, 0.2) is 41.3 Å². The minimum Gasteiger partial charge on any atom is -0.479 e. The van der Waals surface area contributed by atoms with Crippen molar-refractivity contribution in [2.75, 3.05) is 23.7 Å². The van der Waals surface area contributed by atoms with Crippen LogP contribution in [0.5, 0.6) is 5.75 Å². The van der Waals surface area contributed by atoms with Crippen molar-refractivity contribution >= 4 is 33.2 Å². The molecule has 2 amide bonds. The Morgan fingerprint density at radius 3 is 2.69 bits per heavy atom. The maximum atomic E-state index is 13.4. The molecule has 2 aliphatic rings. The summed E-state index contributed by atoms with van der Waals surface area (Å²) in [5.74, 6) is -1.24. The minimum absolute atomic E-state index is 0.0415. The summed E-state index contributed by atoms with van der Waals surface area (Å²) in [7, 11) is -3.89. The lowest BCUT2D eigenvalue weighted by Gasteiger charge is -2.32. The van der Waals surface area contributed by atoms with Crippen molar-refractivity contribution in [3.8, 4) is 5.75 Å². The van der Waals surface area contributed by atoms with Crippen LogP contribution >= 0.6 is 0 Å². The molecule has 1 fully saturated rings. The smallest absolute Gasteiger partial charge is 0.265 e. The average molecular weight is 462 g/mol. The van der Waals surface area contributed by atoms with E-state index >= 15 is 0 Å². The third-order valence-electron chi connectivity index (χ3n) is 5.69. The first-order chi connectivity index (χ1) is 15.1. The number of halogens is 1. The highest BCUT2D eigenvalue weighted by molar-refractivity contribution is 7.89. The number of fused-ring (bicyclic) bond motifs is 1. The maximum absolute atomic E-state index is 13.4. The lowest BCUT2D eigenvalue weighted by molar-refractivity contribution is -0.123. The van der Waals surface area contributed by atoms with Crippen molar-refractivity contribution < 1.29 is 27.1 Å². The summed E-state index contributed by atoms with van der Waals surface area (Å²) in [5.41, 5.74) is 1.36. The second kappa shape index (κ2) is 8.51. The second-order valence-electron chi connectivity index (χ2n) is 8.06. The number of nitrogens with one attached hydrogen (secondary N) is 2. The summed E-state index contributed by atoms with van der Waals surface area (Å²) >= 11 is 0. The van der Waals surface area contributed by atoms with Crippen molar-refractivity contribution in [1.82, 2.24) is 4.31 Å². The molecule has 0 unspecified atom stereocenters. The molecule has 2 heterocycles. The van der Waals surface area contributed by atoms with Crippen LogP contribution in [0, 0.1) is 18.7 Å². The zero-order chi connectivity index (χ0) is 23.0. The average Bonchev–Trinajstić information content (AvgIpc) is 2.76. The standard InChI is InChI=1S/C22H24FN3O5S/c1-13-10-18-19(31-14(2)21(27)25-18)11-20(13)32(29,30)26-9-3-4-15(12-26)22(28)24-17-7-5-16(23)6-8-17/h5-8,10-11,14-15H,3-4,9,12H2,1-2H3,(H,24,28)(H,25,27)/t14-,15-/m1/s1. The number of aryl methyl sites for hydroxylation is 1. The van der Waals surface area contributed by atoms with Crippen LogP contribution in [-0.4, -0.2) is 43.7 Å². The van der Waals surface area contributed by atoms with Crippen LogP contribution in [0.3, 0.4) is 0 Å². The molecule has 1 saturated heterocycles. The van der Waals surface area contributed by atoms with Gasteiger partial charge in [-0.3, -0.25) is 9.59 Å². The van der Waals surface area contributed by atoms with Crippen molar-refractivity contribution in [2.45, 2.75) is 37.7 Å². The number of hydrogen-bond donors (Lipinski definition) is 2. The van der Waals surface area contributed by atoms with E-state index in [1.165, 1.54) is 34.6 Å². The van der Waals surface area contributed by atoms with Gasteiger partial charge in [0, 0.05) is 24.8 Å². The van der Waals surface area contributed by atoms with Crippen molar-refractivity contribution in [3.05, 3.63) is 47.8 Å². The molecule has 2 aliphatic heterocycles. The molecule has 0 aliphatic carbocycles. The van der Waals surface area contributed by atoms with E-state index in [0.29, 0.717) is 42.1 Å². The third kappa shape index (κ3) is 4.33. The Morgan fingerprint density at radius 2 is 1.97 bits per heavy atom. The number of hydrogen-bond acceptors (Lipinski definition) is 5. The van der Waals surface area contributed by atoms with Gasteiger partial charge in [-0.2, -0.15) is 4.31 Å². The van der Waals surface area contributed by atoms with Gasteiger partial charge in [-0.15, -0.1) is 0 Å². The molecule has 2 aromatic rings. The van der Waals surface area contributed by atoms with E-state index in [9.17, 15) is 22.4 Å². The predicted molar refractivity (Wildman–Crippen MR) is 116 cm³/mol. The molecule has 170 valence electrons. The zero-order valence-electron chi connectivity index (χ0n) is 17.7. The van der Waals surface area contributed by atoms with E-state index in [2.05, 4.69) is 10.6 Å². The fourth-order valence-electron chi connectivity index (χ4n) is 3.91. The van der Waals surface area contributed by atoms with Crippen LogP contribution in [0.1, 0.15) is 25.3 Å². The molecule has 0 radical (unpaired) electrons. The Kier molecular flexibility index (Phi) is 5.91. The third-order valence-corrected chi connectivity index (χ3v) is 7.70. The molecule has 0 spiro atoms. The number of anilines is 2. The number of ether oxygens (including phenoxy) is 1. The first-order valence-electron chi connectivity index (χ1n) is 10.3. The lowest BCUT2D eigenvalue weighted by Crippen LogP contribution is -2.44. The molecule has 10 heteroatoms. The zero-order valence-corrected chi connectivity index (χ0v) is 18.5. The summed E-state index contributed by atoms with van der Waals surface area (Å²) in [6.07, 6.45) is 0.360. The Balaban J connectivity index is 1.54. The first kappa shape index (κ1) is 22.2. The van der Waals surface area contributed by atoms with Gasteiger partial charge < -0.3 is 15.4 Å². The summed E-state index contributed by atoms with van der Waals surface area (Å²) in [4.78, 5) is 24.6. The Labute approximate surface area is 185 Å². The molecule has 2 N–H and O–H groups in total. The summed E-state index contributed by atoms with van der Waals surface area (Å²) in [6.45, 7) is 3.58. The summed E-state index contributed by atoms with van der Waals surface area (Å²) < 4.78 is 46.8. The monoisotopic (exact) mass is 461 g/mol. The van der Waals surface area contributed by atoms with Crippen molar-refractivity contribution in [2.24, 2.45) is 5.92 Å². The van der Waals surface area contributed by atoms with Gasteiger partial charge in [0.05, 0.1) is 16.5 Å². The highest BCUT2D eigenvalue weighted by atomic mass is 32.2. The molecular weight excluding hydrogens is 437 g/mol. The van der Waals surface area contributed by atoms with E-state index in [1.54, 1.807) is 19.9 Å². The lowest BCUT2D eigenvalue weighted by atomic mass is 9.99. The Bertz CT molecular complexity index is 1170. The van der Waals surface area contributed by atoms with Gasteiger partial charge in [-0.05, 0) is 62.6 Å². The Hall–Kier alpha value is -2.98. The maximum Gasteiger partial charge on any atom is 0.265 e. The van der Waals surface area contributed by atoms with Gasteiger partial charge in [0.25, 0.3) is 5.91 Å². The van der Waals surface area contributed by atoms with E-state index < -0.39 is 27.9 Å². The SMILES string of the molecule is Cc1cc2c(cc1S(=O)(=O)N1CCC[C@@H](C(=O)Nc3ccc(F)cc3)C1)O[C@H](C)C(=O)N2. The van der Waals surface area contributed by atoms with Crippen LogP contribution in [0.2, 0.25) is 0 Å². The van der Waals surface area contributed by atoms with Gasteiger partial charge in [-0.1, -0.05) is 0 Å². The predicted octanol–water partition coefficient (Wildman–Crippen LogP) is 2.89. The number of carbonyl (C=O) groups is 2. The molecule has 4 rings (SSSR count). The molecule has 2 atom stereocenters. The molecule has 0 aromatic heterocycles. The first-order valence-corrected chi connectivity index (χ1v) is 11.8. The number of nitrogens with zero attached hydrogens (tertiary/aromatic N) is 1. The topological polar surface area (TPSA) is 105 Å². The highest BCUT2D eigenvalue weighted by Gasteiger charge is 2.35. The van der Waals surface area contributed by atoms with Crippen molar-refractivity contribution in [1.29, 1.82) is 0 Å². The quantitative estimate of drug-likeness (QED) is 0.729. The van der Waals surface area contributed by atoms with Crippen LogP contribution in [0.4, 0.5) is 15.8 Å². The number of piperidine rings is 1. The van der Waals surface area contributed by atoms with Crippen molar-refractivity contribution in [3.63, 3.8) is 0 Å². The molecular formula is C22H24FN3O5S. The second-order valence-corrected chi connectivity index (χ2v) is 9.97. The molecule has 2 aromatic carbocycles. The van der Waals surface area contributed by atoms with E-state index in [1.807, 2.05) is 0 Å². The largest absolute Gasteiger partial charge is 0.479 e. The number of benzene rings is 2. The number of rotatable bonds is 4. The fourth-order valence-corrected chi connectivity index (χ4v) is 5.66. The molecule has 0 saturated carbocycles. The number of amides is 2. The minimum atomic E-state index is -3.89. The van der Waals surface area contributed by atoms with Gasteiger partial charge in [0.1, 0.15) is 11.6 Å². The summed E-state index contributed by atoms with van der Waals surface area (Å²) in [5, 5.41) is 5.43. The van der Waals surface area contributed by atoms with Gasteiger partial charge >= 0.3 is 0 Å². The highest BCUT2D eigenvalue weighted by Crippen LogP contribution is 2.36. The van der Waals surface area contributed by atoms with Crippen LogP contribution < -0.4 is 15.4 Å². The molecule has 32 heavy (non-hydrogen) atoms. The van der Waals surface area contributed by atoms with E-state index in [-0.39, 0.29) is 23.3 Å². The molecule has 0 bridgehead atoms. The Morgan fingerprint density at radius 1 is 1.25 bits per heavy atom. The van der Waals surface area contributed by atoms with E-state index in [4.69, 9.17) is 4.74 Å². The fraction of sp³-hybridized carbons (Fsp3) is 0.364. The number of carbonyl (C=O) groups excluding carboxylic acids is 2. The summed E-state index contributed by atoms with van der Waals surface area (Å²) in [6, 6.07) is 8.42. The normalized spacial score (nSPS) is 21.3. The van der Waals surface area contributed by atoms with Gasteiger partial charge in [0.15, 0.2) is 6.10 Å². The van der Waals surface area contributed by atoms with Gasteiger partial charge in [0.2, 0.25) is 15.9 Å². The van der Waals surface area contributed by atoms with Gasteiger partial charge in [-0.25, -0.2) is 12.8 Å². The molecule has 8 nitrogen and oxygen atoms in total.